The summed E-state index contributed by atoms with van der Waals surface area (Å²) in [6.07, 6.45) is 1.29. The van der Waals surface area contributed by atoms with Crippen LogP contribution in [0.2, 0.25) is 0 Å². The molecule has 2 atom stereocenters. The van der Waals surface area contributed by atoms with E-state index in [2.05, 4.69) is 0 Å². The van der Waals surface area contributed by atoms with Crippen LogP contribution >= 0.6 is 0 Å². The van der Waals surface area contributed by atoms with Gasteiger partial charge in [-0.3, -0.25) is 4.79 Å². The molecule has 1 aliphatic heterocycles. The molecule has 5 nitrogen and oxygen atoms in total. The summed E-state index contributed by atoms with van der Waals surface area (Å²) in [7, 11) is 1.64. The fourth-order valence-corrected chi connectivity index (χ4v) is 3.35. The summed E-state index contributed by atoms with van der Waals surface area (Å²) in [5.41, 5.74) is 1.74. The van der Waals surface area contributed by atoms with Gasteiger partial charge in [0.15, 0.2) is 0 Å². The molecule has 1 amide bonds. The molecule has 0 aliphatic carbocycles. The maximum absolute atomic E-state index is 12.8. The first-order valence-corrected chi connectivity index (χ1v) is 8.92. The van der Waals surface area contributed by atoms with E-state index in [0.717, 1.165) is 17.7 Å². The predicted octanol–water partition coefficient (Wildman–Crippen LogP) is 2.88. The molecule has 0 saturated carbocycles. The molecule has 1 aliphatic rings. The molecule has 0 spiro atoms. The molecule has 1 N–H and O–H groups in total. The fraction of sp³-hybridized carbons (Fsp3) is 0.381. The van der Waals surface area contributed by atoms with Crippen LogP contribution in [0.5, 0.6) is 5.75 Å². The van der Waals surface area contributed by atoms with Crippen LogP contribution in [0, 0.1) is 0 Å². The standard InChI is InChI=1S/C21H25NO4/c1-25-19-9-7-16(8-10-19)15-26-20-13-18(11-12-23)22(14-20)21(24)17-5-3-2-4-6-17/h2-10,18,20,23H,11-15H2,1H3/t18-,20-/m1/s1. The van der Waals surface area contributed by atoms with E-state index in [1.165, 1.54) is 0 Å². The molecule has 2 aromatic carbocycles. The van der Waals surface area contributed by atoms with Gasteiger partial charge in [0, 0.05) is 24.8 Å². The highest BCUT2D eigenvalue weighted by Crippen LogP contribution is 2.26. The molecular formula is C21H25NO4. The van der Waals surface area contributed by atoms with Crippen molar-refractivity contribution in [2.45, 2.75) is 31.6 Å². The number of carbonyl (C=O) groups is 1. The lowest BCUT2D eigenvalue weighted by atomic mass is 10.1. The summed E-state index contributed by atoms with van der Waals surface area (Å²) in [5, 5.41) is 9.35. The number of benzene rings is 2. The number of methoxy groups -OCH3 is 1. The molecular weight excluding hydrogens is 330 g/mol. The maximum Gasteiger partial charge on any atom is 0.254 e. The average Bonchev–Trinajstić information content (AvgIpc) is 3.10. The van der Waals surface area contributed by atoms with E-state index in [0.29, 0.717) is 25.1 Å². The molecule has 0 radical (unpaired) electrons. The van der Waals surface area contributed by atoms with Crippen LogP contribution in [0.15, 0.2) is 54.6 Å². The van der Waals surface area contributed by atoms with E-state index in [-0.39, 0.29) is 24.7 Å². The lowest BCUT2D eigenvalue weighted by molar-refractivity contribution is 0.0437. The third-order valence-corrected chi connectivity index (χ3v) is 4.76. The number of aliphatic hydroxyl groups excluding tert-OH is 1. The van der Waals surface area contributed by atoms with E-state index in [1.807, 2.05) is 59.5 Å². The number of hydrogen-bond donors (Lipinski definition) is 1. The van der Waals surface area contributed by atoms with Crippen LogP contribution in [-0.2, 0) is 11.3 Å². The Morgan fingerprint density at radius 1 is 1.15 bits per heavy atom. The number of nitrogens with zero attached hydrogens (tertiary/aromatic N) is 1. The third-order valence-electron chi connectivity index (χ3n) is 4.76. The van der Waals surface area contributed by atoms with Crippen molar-refractivity contribution in [2.24, 2.45) is 0 Å². The highest BCUT2D eigenvalue weighted by molar-refractivity contribution is 5.94. The second kappa shape index (κ2) is 8.83. The first-order valence-electron chi connectivity index (χ1n) is 8.92. The normalized spacial score (nSPS) is 19.5. The van der Waals surface area contributed by atoms with Crippen molar-refractivity contribution in [1.82, 2.24) is 4.90 Å². The molecule has 26 heavy (non-hydrogen) atoms. The van der Waals surface area contributed by atoms with Gasteiger partial charge < -0.3 is 19.5 Å². The molecule has 3 rings (SSSR count). The number of amides is 1. The minimum absolute atomic E-state index is 0.000373. The Morgan fingerprint density at radius 2 is 1.88 bits per heavy atom. The Kier molecular flexibility index (Phi) is 6.26. The van der Waals surface area contributed by atoms with Crippen LogP contribution in [0.4, 0.5) is 0 Å². The number of carbonyl (C=O) groups excluding carboxylic acids is 1. The summed E-state index contributed by atoms with van der Waals surface area (Å²) in [5.74, 6) is 0.817. The molecule has 138 valence electrons. The van der Waals surface area contributed by atoms with E-state index in [1.54, 1.807) is 7.11 Å². The third kappa shape index (κ3) is 4.42. The van der Waals surface area contributed by atoms with Gasteiger partial charge in [-0.05, 0) is 42.7 Å². The second-order valence-electron chi connectivity index (χ2n) is 6.51. The van der Waals surface area contributed by atoms with E-state index in [4.69, 9.17) is 9.47 Å². The van der Waals surface area contributed by atoms with Crippen LogP contribution in [0.3, 0.4) is 0 Å². The van der Waals surface area contributed by atoms with Crippen molar-refractivity contribution < 1.29 is 19.4 Å². The minimum Gasteiger partial charge on any atom is -0.497 e. The monoisotopic (exact) mass is 355 g/mol. The summed E-state index contributed by atoms with van der Waals surface area (Å²) >= 11 is 0. The second-order valence-corrected chi connectivity index (χ2v) is 6.51. The van der Waals surface area contributed by atoms with Gasteiger partial charge in [0.25, 0.3) is 5.91 Å². The van der Waals surface area contributed by atoms with Gasteiger partial charge >= 0.3 is 0 Å². The lowest BCUT2D eigenvalue weighted by Gasteiger charge is -2.23. The minimum atomic E-state index is -0.0266. The van der Waals surface area contributed by atoms with Gasteiger partial charge in [0.1, 0.15) is 5.75 Å². The lowest BCUT2D eigenvalue weighted by Crippen LogP contribution is -2.36. The smallest absolute Gasteiger partial charge is 0.254 e. The number of ether oxygens (including phenoxy) is 2. The van der Waals surface area contributed by atoms with Crippen LogP contribution in [-0.4, -0.2) is 48.3 Å². The van der Waals surface area contributed by atoms with Gasteiger partial charge in [0.2, 0.25) is 0 Å². The Morgan fingerprint density at radius 3 is 2.54 bits per heavy atom. The number of likely N-dealkylation sites (tertiary alicyclic amines) is 1. The summed E-state index contributed by atoms with van der Waals surface area (Å²) in [6.45, 7) is 1.11. The van der Waals surface area contributed by atoms with Crippen LogP contribution in [0.1, 0.15) is 28.8 Å². The molecule has 0 unspecified atom stereocenters. The predicted molar refractivity (Wildman–Crippen MR) is 99.2 cm³/mol. The van der Waals surface area contributed by atoms with Crippen LogP contribution < -0.4 is 4.74 Å². The summed E-state index contributed by atoms with van der Waals surface area (Å²) in [4.78, 5) is 14.6. The number of rotatable bonds is 7. The zero-order valence-corrected chi connectivity index (χ0v) is 15.0. The zero-order valence-electron chi connectivity index (χ0n) is 15.0. The maximum atomic E-state index is 12.8. The Hall–Kier alpha value is -2.37. The van der Waals surface area contributed by atoms with Crippen molar-refractivity contribution in [3.63, 3.8) is 0 Å². The van der Waals surface area contributed by atoms with Gasteiger partial charge in [-0.1, -0.05) is 30.3 Å². The summed E-state index contributed by atoms with van der Waals surface area (Å²) < 4.78 is 11.2. The van der Waals surface area contributed by atoms with E-state index < -0.39 is 0 Å². The molecule has 0 bridgehead atoms. The van der Waals surface area contributed by atoms with Crippen molar-refractivity contribution in [2.75, 3.05) is 20.3 Å². The molecule has 1 heterocycles. The van der Waals surface area contributed by atoms with E-state index in [9.17, 15) is 9.90 Å². The highest BCUT2D eigenvalue weighted by Gasteiger charge is 2.35. The average molecular weight is 355 g/mol. The van der Waals surface area contributed by atoms with Crippen molar-refractivity contribution in [1.29, 1.82) is 0 Å². The van der Waals surface area contributed by atoms with Gasteiger partial charge in [-0.25, -0.2) is 0 Å². The fourth-order valence-electron chi connectivity index (χ4n) is 3.35. The van der Waals surface area contributed by atoms with Crippen molar-refractivity contribution in [3.05, 3.63) is 65.7 Å². The molecule has 2 aromatic rings. The highest BCUT2D eigenvalue weighted by atomic mass is 16.5. The number of hydrogen-bond acceptors (Lipinski definition) is 4. The van der Waals surface area contributed by atoms with Crippen molar-refractivity contribution >= 4 is 5.91 Å². The van der Waals surface area contributed by atoms with Crippen LogP contribution in [0.25, 0.3) is 0 Å². The molecule has 1 fully saturated rings. The molecule has 1 saturated heterocycles. The Labute approximate surface area is 154 Å². The zero-order chi connectivity index (χ0) is 18.4. The van der Waals surface area contributed by atoms with Gasteiger partial charge in [-0.15, -0.1) is 0 Å². The summed E-state index contributed by atoms with van der Waals surface area (Å²) in [6, 6.07) is 17.1. The van der Waals surface area contributed by atoms with Gasteiger partial charge in [-0.2, -0.15) is 0 Å². The van der Waals surface area contributed by atoms with E-state index >= 15 is 0 Å². The first-order chi connectivity index (χ1) is 12.7. The Balaban J connectivity index is 1.62. The molecule has 5 heteroatoms. The molecule has 0 aromatic heterocycles. The van der Waals surface area contributed by atoms with Crippen molar-refractivity contribution in [3.8, 4) is 5.75 Å². The van der Waals surface area contributed by atoms with Gasteiger partial charge in [0.05, 0.1) is 19.8 Å². The SMILES string of the molecule is COc1ccc(CO[C@@H]2C[C@@H](CCO)N(C(=O)c3ccccc3)C2)cc1. The Bertz CT molecular complexity index is 702. The number of aliphatic hydroxyl groups is 1. The topological polar surface area (TPSA) is 59.0 Å². The largest absolute Gasteiger partial charge is 0.497 e. The quantitative estimate of drug-likeness (QED) is 0.830. The first kappa shape index (κ1) is 18.4.